The summed E-state index contributed by atoms with van der Waals surface area (Å²) in [5.74, 6) is -0.551. The van der Waals surface area contributed by atoms with Gasteiger partial charge in [0.1, 0.15) is 0 Å². The average Bonchev–Trinajstić information content (AvgIpc) is 2.44. The summed E-state index contributed by atoms with van der Waals surface area (Å²) < 4.78 is 0. The van der Waals surface area contributed by atoms with E-state index in [-0.39, 0.29) is 11.3 Å². The van der Waals surface area contributed by atoms with Crippen molar-refractivity contribution in [3.8, 4) is 0 Å². The van der Waals surface area contributed by atoms with Gasteiger partial charge in [0.2, 0.25) is 0 Å². The lowest BCUT2D eigenvalue weighted by atomic mass is 10.2. The Labute approximate surface area is 125 Å². The van der Waals surface area contributed by atoms with Gasteiger partial charge in [-0.3, -0.25) is 10.1 Å². The molecule has 5 nitrogen and oxygen atoms in total. The summed E-state index contributed by atoms with van der Waals surface area (Å²) in [5.41, 5.74) is 1.96. The lowest BCUT2D eigenvalue weighted by Gasteiger charge is -2.06. The predicted octanol–water partition coefficient (Wildman–Crippen LogP) is 3.89. The molecule has 0 amide bonds. The third-order valence-electron chi connectivity index (χ3n) is 2.88. The fraction of sp³-hybridized carbons (Fsp3) is 0.133. The molecule has 2 aromatic rings. The van der Waals surface area contributed by atoms with E-state index >= 15 is 0 Å². The van der Waals surface area contributed by atoms with Crippen LogP contribution in [0.1, 0.15) is 21.5 Å². The molecule has 2 aromatic carbocycles. The summed E-state index contributed by atoms with van der Waals surface area (Å²) in [5, 5.41) is 19.9. The molecule has 6 heteroatoms. The second kappa shape index (κ2) is 6.41. The number of hydrogen-bond donors (Lipinski definition) is 1. The molecule has 0 radical (unpaired) electrons. The number of aromatic carboxylic acids is 1. The van der Waals surface area contributed by atoms with E-state index in [9.17, 15) is 20.0 Å². The minimum absolute atomic E-state index is 0.0400. The summed E-state index contributed by atoms with van der Waals surface area (Å²) in [6, 6.07) is 11.8. The Morgan fingerprint density at radius 2 is 2.05 bits per heavy atom. The van der Waals surface area contributed by atoms with Gasteiger partial charge in [-0.1, -0.05) is 29.8 Å². The Kier molecular flexibility index (Phi) is 4.59. The zero-order chi connectivity index (χ0) is 15.4. The maximum Gasteiger partial charge on any atom is 0.337 e. The molecule has 2 rings (SSSR count). The number of aryl methyl sites for hydroxylation is 1. The van der Waals surface area contributed by atoms with Crippen LogP contribution in [0.5, 0.6) is 0 Å². The van der Waals surface area contributed by atoms with Gasteiger partial charge in [-0.2, -0.15) is 0 Å². The predicted molar refractivity (Wildman–Crippen MR) is 80.8 cm³/mol. The first-order valence-corrected chi connectivity index (χ1v) is 7.16. The number of carboxylic acids is 1. The molecule has 1 N–H and O–H groups in total. The Hall–Kier alpha value is -2.34. The van der Waals surface area contributed by atoms with Crippen molar-refractivity contribution in [3.05, 3.63) is 69.3 Å². The molecule has 0 atom stereocenters. The van der Waals surface area contributed by atoms with Crippen molar-refractivity contribution < 1.29 is 14.8 Å². The van der Waals surface area contributed by atoms with E-state index in [2.05, 4.69) is 0 Å². The van der Waals surface area contributed by atoms with E-state index in [1.807, 2.05) is 31.2 Å². The lowest BCUT2D eigenvalue weighted by Crippen LogP contribution is -2.01. The largest absolute Gasteiger partial charge is 0.478 e. The van der Waals surface area contributed by atoms with Gasteiger partial charge in [0.25, 0.3) is 5.69 Å². The minimum Gasteiger partial charge on any atom is -0.478 e. The van der Waals surface area contributed by atoms with E-state index < -0.39 is 10.9 Å². The quantitative estimate of drug-likeness (QED) is 0.515. The smallest absolute Gasteiger partial charge is 0.337 e. The minimum atomic E-state index is -1.16. The van der Waals surface area contributed by atoms with Gasteiger partial charge in [0.15, 0.2) is 0 Å². The highest BCUT2D eigenvalue weighted by molar-refractivity contribution is 7.98. The van der Waals surface area contributed by atoms with Crippen molar-refractivity contribution in [3.63, 3.8) is 0 Å². The average molecular weight is 303 g/mol. The van der Waals surface area contributed by atoms with Crippen molar-refractivity contribution in [2.45, 2.75) is 17.6 Å². The third-order valence-corrected chi connectivity index (χ3v) is 4.03. The summed E-state index contributed by atoms with van der Waals surface area (Å²) in [6.07, 6.45) is 0. The number of carboxylic acid groups (broad SMARTS) is 1. The molecule has 0 aliphatic carbocycles. The number of thioether (sulfide) groups is 1. The summed E-state index contributed by atoms with van der Waals surface area (Å²) in [6.45, 7) is 1.99. The lowest BCUT2D eigenvalue weighted by molar-refractivity contribution is -0.384. The fourth-order valence-electron chi connectivity index (χ4n) is 1.89. The van der Waals surface area contributed by atoms with Crippen LogP contribution >= 0.6 is 11.8 Å². The summed E-state index contributed by atoms with van der Waals surface area (Å²) in [7, 11) is 0. The Balaban J connectivity index is 2.23. The van der Waals surface area contributed by atoms with E-state index in [1.54, 1.807) is 0 Å². The molecule has 0 aromatic heterocycles. The zero-order valence-electron chi connectivity index (χ0n) is 11.3. The van der Waals surface area contributed by atoms with Gasteiger partial charge in [0, 0.05) is 22.8 Å². The van der Waals surface area contributed by atoms with Gasteiger partial charge in [-0.25, -0.2) is 4.79 Å². The Morgan fingerprint density at radius 1 is 1.29 bits per heavy atom. The van der Waals surface area contributed by atoms with Crippen molar-refractivity contribution in [1.29, 1.82) is 0 Å². The first-order chi connectivity index (χ1) is 9.97. The van der Waals surface area contributed by atoms with Gasteiger partial charge < -0.3 is 5.11 Å². The van der Waals surface area contributed by atoms with Crippen LogP contribution in [-0.4, -0.2) is 16.0 Å². The van der Waals surface area contributed by atoms with E-state index in [0.717, 1.165) is 17.2 Å². The number of carbonyl (C=O) groups is 1. The van der Waals surface area contributed by atoms with Crippen LogP contribution in [0.25, 0.3) is 0 Å². The molecule has 0 aliphatic heterocycles. The van der Waals surface area contributed by atoms with Crippen LogP contribution in [0.15, 0.2) is 47.4 Å². The summed E-state index contributed by atoms with van der Waals surface area (Å²) >= 11 is 1.35. The van der Waals surface area contributed by atoms with E-state index in [0.29, 0.717) is 10.6 Å². The number of nitrogens with zero attached hydrogens (tertiary/aromatic N) is 1. The van der Waals surface area contributed by atoms with Crippen molar-refractivity contribution >= 4 is 23.4 Å². The molecule has 0 fully saturated rings. The van der Waals surface area contributed by atoms with E-state index in [1.165, 1.54) is 23.9 Å². The van der Waals surface area contributed by atoms with Gasteiger partial charge in [0.05, 0.1) is 10.5 Å². The van der Waals surface area contributed by atoms with Crippen LogP contribution in [0.3, 0.4) is 0 Å². The normalized spacial score (nSPS) is 10.3. The van der Waals surface area contributed by atoms with Gasteiger partial charge in [-0.15, -0.1) is 11.8 Å². The first-order valence-electron chi connectivity index (χ1n) is 6.17. The highest BCUT2D eigenvalue weighted by Crippen LogP contribution is 2.29. The highest BCUT2D eigenvalue weighted by Gasteiger charge is 2.16. The van der Waals surface area contributed by atoms with Crippen LogP contribution in [0, 0.1) is 17.0 Å². The third kappa shape index (κ3) is 3.82. The molecule has 21 heavy (non-hydrogen) atoms. The van der Waals surface area contributed by atoms with Crippen LogP contribution < -0.4 is 0 Å². The monoisotopic (exact) mass is 303 g/mol. The SMILES string of the molecule is Cc1cccc(CSc2ccc([N+](=O)[O-])cc2C(=O)O)c1. The zero-order valence-corrected chi connectivity index (χ0v) is 12.1. The van der Waals surface area contributed by atoms with Crippen LogP contribution in [-0.2, 0) is 5.75 Å². The molecule has 108 valence electrons. The van der Waals surface area contributed by atoms with E-state index in [4.69, 9.17) is 0 Å². The number of non-ortho nitro benzene ring substituents is 1. The second-order valence-electron chi connectivity index (χ2n) is 4.52. The highest BCUT2D eigenvalue weighted by atomic mass is 32.2. The van der Waals surface area contributed by atoms with Crippen molar-refractivity contribution in [2.75, 3.05) is 0 Å². The second-order valence-corrected chi connectivity index (χ2v) is 5.54. The van der Waals surface area contributed by atoms with Crippen LogP contribution in [0.4, 0.5) is 5.69 Å². The fourth-order valence-corrected chi connectivity index (χ4v) is 2.86. The van der Waals surface area contributed by atoms with Crippen molar-refractivity contribution in [2.24, 2.45) is 0 Å². The van der Waals surface area contributed by atoms with Crippen molar-refractivity contribution in [1.82, 2.24) is 0 Å². The first kappa shape index (κ1) is 15.1. The van der Waals surface area contributed by atoms with Gasteiger partial charge in [-0.05, 0) is 18.6 Å². The molecule has 0 spiro atoms. The number of benzene rings is 2. The standard InChI is InChI=1S/C15H13NO4S/c1-10-3-2-4-11(7-10)9-21-14-6-5-12(16(19)20)8-13(14)15(17)18/h2-8H,9H2,1H3,(H,17,18). The molecular weight excluding hydrogens is 290 g/mol. The molecule has 0 unspecified atom stereocenters. The molecule has 0 saturated heterocycles. The molecular formula is C15H13NO4S. The Bertz CT molecular complexity index is 700. The molecule has 0 bridgehead atoms. The summed E-state index contributed by atoms with van der Waals surface area (Å²) in [4.78, 5) is 21.9. The van der Waals surface area contributed by atoms with Crippen LogP contribution in [0.2, 0.25) is 0 Å². The molecule has 0 saturated carbocycles. The number of rotatable bonds is 5. The van der Waals surface area contributed by atoms with Gasteiger partial charge >= 0.3 is 5.97 Å². The number of nitro benzene ring substituents is 1. The molecule has 0 heterocycles. The number of hydrogen-bond acceptors (Lipinski definition) is 4. The maximum atomic E-state index is 11.2. The maximum absolute atomic E-state index is 11.2. The molecule has 0 aliphatic rings. The topological polar surface area (TPSA) is 80.4 Å². The number of nitro groups is 1. The Morgan fingerprint density at radius 3 is 2.67 bits per heavy atom.